The Balaban J connectivity index is 2.77. The molecule has 0 atom stereocenters. The van der Waals surface area contributed by atoms with Crippen LogP contribution in [-0.4, -0.2) is 20.3 Å². The smallest absolute Gasteiger partial charge is 0.408 e. The zero-order valence-electron chi connectivity index (χ0n) is 9.06. The molecule has 0 aromatic heterocycles. The molecule has 0 aliphatic heterocycles. The Kier molecular flexibility index (Phi) is 4.89. The van der Waals surface area contributed by atoms with Gasteiger partial charge < -0.3 is 9.31 Å². The van der Waals surface area contributed by atoms with Gasteiger partial charge in [-0.1, -0.05) is 24.3 Å². The zero-order valence-corrected chi connectivity index (χ0v) is 9.06. The van der Waals surface area contributed by atoms with Crippen LogP contribution in [0.2, 0.25) is 0 Å². The molecule has 0 heterocycles. The van der Waals surface area contributed by atoms with Gasteiger partial charge in [0.25, 0.3) is 0 Å². The first-order valence-electron chi connectivity index (χ1n) is 5.02. The van der Waals surface area contributed by atoms with Crippen molar-refractivity contribution < 1.29 is 9.31 Å². The zero-order chi connectivity index (χ0) is 11.1. The van der Waals surface area contributed by atoms with Crippen LogP contribution in [0.25, 0.3) is 4.85 Å². The Morgan fingerprint density at radius 1 is 1.13 bits per heavy atom. The minimum atomic E-state index is -0.320. The van der Waals surface area contributed by atoms with Gasteiger partial charge in [-0.2, -0.15) is 0 Å². The van der Waals surface area contributed by atoms with E-state index in [0.29, 0.717) is 18.9 Å². The van der Waals surface area contributed by atoms with Crippen molar-refractivity contribution in [3.63, 3.8) is 0 Å². The minimum absolute atomic E-state index is 0.320. The molecule has 0 aliphatic carbocycles. The number of rotatable bonds is 5. The summed E-state index contributed by atoms with van der Waals surface area (Å²) in [6.07, 6.45) is 0. The minimum Gasteiger partial charge on any atom is -0.408 e. The fourth-order valence-electron chi connectivity index (χ4n) is 1.25. The van der Waals surface area contributed by atoms with Gasteiger partial charge in [-0.25, -0.2) is 4.85 Å². The highest BCUT2D eigenvalue weighted by atomic mass is 16.6. The maximum absolute atomic E-state index is 6.85. The number of nitrogens with zero attached hydrogens (tertiary/aromatic N) is 1. The second-order valence-corrected chi connectivity index (χ2v) is 2.95. The Bertz CT molecular complexity index is 325. The van der Waals surface area contributed by atoms with Gasteiger partial charge in [0.15, 0.2) is 5.69 Å². The lowest BCUT2D eigenvalue weighted by atomic mass is 9.79. The molecule has 15 heavy (non-hydrogen) atoms. The molecule has 0 fully saturated rings. The van der Waals surface area contributed by atoms with Crippen LogP contribution in [-0.2, 0) is 9.31 Å². The van der Waals surface area contributed by atoms with E-state index in [1.54, 1.807) is 12.1 Å². The highest BCUT2D eigenvalue weighted by Gasteiger charge is 2.19. The summed E-state index contributed by atoms with van der Waals surface area (Å²) in [5.41, 5.74) is 1.58. The highest BCUT2D eigenvalue weighted by molar-refractivity contribution is 6.61. The lowest BCUT2D eigenvalue weighted by molar-refractivity contribution is 0.225. The second kappa shape index (κ2) is 6.23. The van der Waals surface area contributed by atoms with Gasteiger partial charge in [0.05, 0.1) is 6.57 Å². The van der Waals surface area contributed by atoms with Crippen LogP contribution in [0.4, 0.5) is 5.69 Å². The number of hydrogen-bond donors (Lipinski definition) is 0. The van der Waals surface area contributed by atoms with Gasteiger partial charge in [0.2, 0.25) is 0 Å². The summed E-state index contributed by atoms with van der Waals surface area (Å²) in [6, 6.07) is 7.27. The molecule has 1 rings (SSSR count). The van der Waals surface area contributed by atoms with Crippen LogP contribution < -0.4 is 5.46 Å². The molecule has 78 valence electrons. The Morgan fingerprint density at radius 3 is 2.07 bits per heavy atom. The Hall–Kier alpha value is -1.31. The maximum atomic E-state index is 6.85. The fourth-order valence-corrected chi connectivity index (χ4v) is 1.25. The summed E-state index contributed by atoms with van der Waals surface area (Å²) in [5, 5.41) is 0. The normalized spacial score (nSPS) is 9.67. The van der Waals surface area contributed by atoms with Crippen molar-refractivity contribution in [3.05, 3.63) is 35.7 Å². The molecule has 0 N–H and O–H groups in total. The lowest BCUT2D eigenvalue weighted by Crippen LogP contribution is -2.36. The average Bonchev–Trinajstić information content (AvgIpc) is 2.29. The van der Waals surface area contributed by atoms with E-state index in [4.69, 9.17) is 15.9 Å². The summed E-state index contributed by atoms with van der Waals surface area (Å²) in [7, 11) is -0.320. The van der Waals surface area contributed by atoms with Crippen molar-refractivity contribution in [3.8, 4) is 0 Å². The first-order chi connectivity index (χ1) is 7.31. The van der Waals surface area contributed by atoms with Gasteiger partial charge in [-0.05, 0) is 19.3 Å². The van der Waals surface area contributed by atoms with Crippen molar-refractivity contribution in [1.82, 2.24) is 0 Å². The van der Waals surface area contributed by atoms with Crippen LogP contribution in [0.1, 0.15) is 13.8 Å². The van der Waals surface area contributed by atoms with Crippen LogP contribution in [0, 0.1) is 6.57 Å². The third-order valence-electron chi connectivity index (χ3n) is 1.93. The molecular formula is C11H14BNO2. The van der Waals surface area contributed by atoms with E-state index in [-0.39, 0.29) is 7.12 Å². The second-order valence-electron chi connectivity index (χ2n) is 2.95. The lowest BCUT2D eigenvalue weighted by Gasteiger charge is -2.12. The van der Waals surface area contributed by atoms with Crippen LogP contribution in [0.3, 0.4) is 0 Å². The molecule has 0 saturated heterocycles. The van der Waals surface area contributed by atoms with Crippen molar-refractivity contribution in [2.75, 3.05) is 13.2 Å². The number of benzene rings is 1. The maximum Gasteiger partial charge on any atom is 0.493 e. The van der Waals surface area contributed by atoms with Crippen LogP contribution >= 0.6 is 0 Å². The van der Waals surface area contributed by atoms with E-state index in [0.717, 1.165) is 5.46 Å². The van der Waals surface area contributed by atoms with Crippen molar-refractivity contribution >= 4 is 18.3 Å². The number of hydrogen-bond acceptors (Lipinski definition) is 2. The Labute approximate surface area is 91.0 Å². The van der Waals surface area contributed by atoms with Crippen molar-refractivity contribution in [1.29, 1.82) is 0 Å². The van der Waals surface area contributed by atoms with Crippen molar-refractivity contribution in [2.45, 2.75) is 13.8 Å². The largest absolute Gasteiger partial charge is 0.493 e. The molecule has 0 aliphatic rings. The molecular weight excluding hydrogens is 189 g/mol. The molecule has 4 heteroatoms. The Morgan fingerprint density at radius 2 is 1.67 bits per heavy atom. The van der Waals surface area contributed by atoms with Gasteiger partial charge in [0, 0.05) is 13.2 Å². The molecule has 0 bridgehead atoms. The standard InChI is InChI=1S/C11H14BNO2/c1-4-14-12(15-5-2)10-6-8-11(13-3)9-7-10/h6-9H,4-5H2,1-2H3. The molecule has 1 aromatic carbocycles. The van der Waals surface area contributed by atoms with Crippen LogP contribution in [0.15, 0.2) is 24.3 Å². The van der Waals surface area contributed by atoms with Crippen LogP contribution in [0.5, 0.6) is 0 Å². The first kappa shape index (κ1) is 11.8. The van der Waals surface area contributed by atoms with E-state index in [1.165, 1.54) is 0 Å². The van der Waals surface area contributed by atoms with Gasteiger partial charge in [0.1, 0.15) is 0 Å². The molecule has 0 radical (unpaired) electrons. The van der Waals surface area contributed by atoms with E-state index in [1.807, 2.05) is 26.0 Å². The summed E-state index contributed by atoms with van der Waals surface area (Å²) < 4.78 is 10.9. The molecule has 0 spiro atoms. The molecule has 3 nitrogen and oxygen atoms in total. The van der Waals surface area contributed by atoms with E-state index in [9.17, 15) is 0 Å². The summed E-state index contributed by atoms with van der Waals surface area (Å²) in [6.45, 7) is 11.9. The monoisotopic (exact) mass is 203 g/mol. The topological polar surface area (TPSA) is 22.8 Å². The van der Waals surface area contributed by atoms with E-state index >= 15 is 0 Å². The van der Waals surface area contributed by atoms with Crippen molar-refractivity contribution in [2.24, 2.45) is 0 Å². The quantitative estimate of drug-likeness (QED) is 0.539. The first-order valence-corrected chi connectivity index (χ1v) is 5.02. The molecule has 0 unspecified atom stereocenters. The fraction of sp³-hybridized carbons (Fsp3) is 0.364. The van der Waals surface area contributed by atoms with Gasteiger partial charge in [-0.15, -0.1) is 0 Å². The summed E-state index contributed by atoms with van der Waals surface area (Å²) in [5.74, 6) is 0. The molecule has 0 amide bonds. The van der Waals surface area contributed by atoms with Gasteiger partial charge >= 0.3 is 7.12 Å². The summed E-state index contributed by atoms with van der Waals surface area (Å²) in [4.78, 5) is 3.33. The third kappa shape index (κ3) is 3.39. The predicted octanol–water partition coefficient (Wildman–Crippen LogP) is 2.01. The highest BCUT2D eigenvalue weighted by Crippen LogP contribution is 2.08. The van der Waals surface area contributed by atoms with E-state index in [2.05, 4.69) is 4.85 Å². The SMILES string of the molecule is [C-]#[N+]c1ccc(B(OCC)OCC)cc1. The van der Waals surface area contributed by atoms with Gasteiger partial charge in [-0.3, -0.25) is 0 Å². The molecule has 1 aromatic rings. The average molecular weight is 203 g/mol. The predicted molar refractivity (Wildman–Crippen MR) is 61.3 cm³/mol. The van der Waals surface area contributed by atoms with E-state index < -0.39 is 0 Å². The molecule has 0 saturated carbocycles. The summed E-state index contributed by atoms with van der Waals surface area (Å²) >= 11 is 0. The third-order valence-corrected chi connectivity index (χ3v) is 1.93.